The van der Waals surface area contributed by atoms with Gasteiger partial charge in [0.1, 0.15) is 11.6 Å². The molecule has 0 atom stereocenters. The van der Waals surface area contributed by atoms with E-state index in [0.717, 1.165) is 0 Å². The molecule has 3 rings (SSSR count). The van der Waals surface area contributed by atoms with Gasteiger partial charge in [-0.25, -0.2) is 17.5 Å². The highest BCUT2D eigenvalue weighted by Gasteiger charge is 2.17. The molecule has 0 bridgehead atoms. The van der Waals surface area contributed by atoms with Crippen LogP contribution in [0.4, 0.5) is 4.39 Å². The average molecular weight is 391 g/mol. The highest BCUT2D eigenvalue weighted by Crippen LogP contribution is 2.20. The molecule has 0 aliphatic carbocycles. The van der Waals surface area contributed by atoms with Gasteiger partial charge in [-0.3, -0.25) is 0 Å². The normalized spacial score (nSPS) is 11.7. The summed E-state index contributed by atoms with van der Waals surface area (Å²) in [4.78, 5) is 4.10. The van der Waals surface area contributed by atoms with Gasteiger partial charge in [0.15, 0.2) is 0 Å². The van der Waals surface area contributed by atoms with Gasteiger partial charge in [-0.1, -0.05) is 17.3 Å². The summed E-state index contributed by atoms with van der Waals surface area (Å²) in [6, 6.07) is 12.0. The van der Waals surface area contributed by atoms with Gasteiger partial charge in [-0.05, 0) is 50.2 Å². The molecule has 1 heterocycles. The molecule has 0 aliphatic heterocycles. The van der Waals surface area contributed by atoms with Gasteiger partial charge in [0.05, 0.1) is 23.1 Å². The minimum absolute atomic E-state index is 0.00763. The van der Waals surface area contributed by atoms with Crippen molar-refractivity contribution >= 4 is 10.0 Å². The van der Waals surface area contributed by atoms with Crippen LogP contribution in [0.3, 0.4) is 0 Å². The van der Waals surface area contributed by atoms with Crippen molar-refractivity contribution < 1.29 is 22.1 Å². The van der Waals surface area contributed by atoms with Crippen molar-refractivity contribution in [1.82, 2.24) is 14.9 Å². The number of sulfonamides is 1. The molecule has 0 spiro atoms. The van der Waals surface area contributed by atoms with Crippen LogP contribution in [0, 0.1) is 5.82 Å². The topological polar surface area (TPSA) is 94.3 Å². The summed E-state index contributed by atoms with van der Waals surface area (Å²) in [5, 5.41) is 3.68. The molecule has 3 aromatic rings. The highest BCUT2D eigenvalue weighted by atomic mass is 32.2. The van der Waals surface area contributed by atoms with Gasteiger partial charge in [0.25, 0.3) is 0 Å². The SMILES string of the molecule is CC(C)Oc1ccc(S(=O)(=O)NCc2nc(-c3ccccc3F)no2)cc1. The quantitative estimate of drug-likeness (QED) is 0.665. The Balaban J connectivity index is 1.68. The van der Waals surface area contributed by atoms with E-state index in [1.54, 1.807) is 24.3 Å². The first-order chi connectivity index (χ1) is 12.8. The molecule has 0 aliphatic rings. The molecule has 2 aromatic carbocycles. The first-order valence-electron chi connectivity index (χ1n) is 8.19. The summed E-state index contributed by atoms with van der Waals surface area (Å²) < 4.78 is 51.3. The molecule has 27 heavy (non-hydrogen) atoms. The lowest BCUT2D eigenvalue weighted by atomic mass is 10.2. The highest BCUT2D eigenvalue weighted by molar-refractivity contribution is 7.89. The number of rotatable bonds is 7. The van der Waals surface area contributed by atoms with Gasteiger partial charge in [-0.2, -0.15) is 4.98 Å². The van der Waals surface area contributed by atoms with Gasteiger partial charge < -0.3 is 9.26 Å². The molecule has 1 aromatic heterocycles. The number of nitrogens with one attached hydrogen (secondary N) is 1. The predicted molar refractivity (Wildman–Crippen MR) is 95.9 cm³/mol. The van der Waals surface area contributed by atoms with E-state index in [4.69, 9.17) is 9.26 Å². The Morgan fingerprint density at radius 3 is 2.52 bits per heavy atom. The van der Waals surface area contributed by atoms with Crippen molar-refractivity contribution in [2.75, 3.05) is 0 Å². The van der Waals surface area contributed by atoms with E-state index in [1.807, 2.05) is 13.8 Å². The Hall–Kier alpha value is -2.78. The number of hydrogen-bond donors (Lipinski definition) is 1. The second-order valence-corrected chi connectivity index (χ2v) is 7.72. The first kappa shape index (κ1) is 19.0. The fraction of sp³-hybridized carbons (Fsp3) is 0.222. The third-order valence-corrected chi connectivity index (χ3v) is 4.92. The van der Waals surface area contributed by atoms with E-state index in [1.165, 1.54) is 24.3 Å². The smallest absolute Gasteiger partial charge is 0.242 e. The average Bonchev–Trinajstić information content (AvgIpc) is 3.09. The minimum atomic E-state index is -3.77. The molecular formula is C18H18FN3O4S. The summed E-state index contributed by atoms with van der Waals surface area (Å²) in [5.74, 6) is 0.165. The van der Waals surface area contributed by atoms with Gasteiger partial charge in [0.2, 0.25) is 21.7 Å². The molecule has 0 amide bonds. The summed E-state index contributed by atoms with van der Waals surface area (Å²) in [7, 11) is -3.77. The maximum Gasteiger partial charge on any atom is 0.242 e. The second-order valence-electron chi connectivity index (χ2n) is 5.95. The molecule has 0 saturated heterocycles. The zero-order chi connectivity index (χ0) is 19.4. The molecule has 9 heteroatoms. The lowest BCUT2D eigenvalue weighted by Gasteiger charge is -2.10. The van der Waals surface area contributed by atoms with Crippen LogP contribution < -0.4 is 9.46 Å². The Kier molecular flexibility index (Phi) is 5.52. The van der Waals surface area contributed by atoms with Crippen LogP contribution in [0.15, 0.2) is 57.9 Å². The standard InChI is InChI=1S/C18H18FN3O4S/c1-12(2)25-13-7-9-14(10-8-13)27(23,24)20-11-17-21-18(22-26-17)15-5-3-4-6-16(15)19/h3-10,12,20H,11H2,1-2H3. The maximum atomic E-state index is 13.7. The lowest BCUT2D eigenvalue weighted by molar-refractivity contribution is 0.242. The van der Waals surface area contributed by atoms with Crippen molar-refractivity contribution in [1.29, 1.82) is 0 Å². The zero-order valence-electron chi connectivity index (χ0n) is 14.7. The van der Waals surface area contributed by atoms with Crippen LogP contribution in [-0.4, -0.2) is 24.7 Å². The van der Waals surface area contributed by atoms with Crippen LogP contribution >= 0.6 is 0 Å². The number of aromatic nitrogens is 2. The molecule has 0 fully saturated rings. The number of nitrogens with zero attached hydrogens (tertiary/aromatic N) is 2. The van der Waals surface area contributed by atoms with Crippen LogP contribution in [0.2, 0.25) is 0 Å². The summed E-state index contributed by atoms with van der Waals surface area (Å²) in [6.07, 6.45) is -0.00763. The maximum absolute atomic E-state index is 13.7. The van der Waals surface area contributed by atoms with Crippen LogP contribution in [0.25, 0.3) is 11.4 Å². The Morgan fingerprint density at radius 1 is 1.15 bits per heavy atom. The fourth-order valence-electron chi connectivity index (χ4n) is 2.29. The third-order valence-electron chi connectivity index (χ3n) is 3.50. The van der Waals surface area contributed by atoms with Crippen molar-refractivity contribution in [2.24, 2.45) is 0 Å². The van der Waals surface area contributed by atoms with Crippen LogP contribution in [0.5, 0.6) is 5.75 Å². The van der Waals surface area contributed by atoms with E-state index < -0.39 is 15.8 Å². The molecule has 0 radical (unpaired) electrons. The van der Waals surface area contributed by atoms with E-state index >= 15 is 0 Å². The minimum Gasteiger partial charge on any atom is -0.491 e. The summed E-state index contributed by atoms with van der Waals surface area (Å²) in [6.45, 7) is 3.55. The molecule has 142 valence electrons. The molecule has 0 saturated carbocycles. The predicted octanol–water partition coefficient (Wildman–Crippen LogP) is 3.14. The lowest BCUT2D eigenvalue weighted by Crippen LogP contribution is -2.23. The van der Waals surface area contributed by atoms with Gasteiger partial charge >= 0.3 is 0 Å². The van der Waals surface area contributed by atoms with Crippen molar-refractivity contribution in [3.05, 3.63) is 60.2 Å². The van der Waals surface area contributed by atoms with Crippen molar-refractivity contribution in [3.8, 4) is 17.1 Å². The van der Waals surface area contributed by atoms with E-state index in [-0.39, 0.29) is 34.8 Å². The zero-order valence-corrected chi connectivity index (χ0v) is 15.5. The number of ether oxygens (including phenoxy) is 1. The Morgan fingerprint density at radius 2 is 1.85 bits per heavy atom. The van der Waals surface area contributed by atoms with E-state index in [0.29, 0.717) is 5.75 Å². The summed E-state index contributed by atoms with van der Waals surface area (Å²) >= 11 is 0. The Bertz CT molecular complexity index is 1020. The molecule has 1 N–H and O–H groups in total. The van der Waals surface area contributed by atoms with Gasteiger partial charge in [-0.15, -0.1) is 0 Å². The number of benzene rings is 2. The second kappa shape index (κ2) is 7.85. The van der Waals surface area contributed by atoms with Crippen molar-refractivity contribution in [2.45, 2.75) is 31.4 Å². The molecule has 0 unspecified atom stereocenters. The Labute approximate surface area is 156 Å². The third kappa shape index (κ3) is 4.69. The van der Waals surface area contributed by atoms with E-state index in [2.05, 4.69) is 14.9 Å². The summed E-state index contributed by atoms with van der Waals surface area (Å²) in [5.41, 5.74) is 0.177. The first-order valence-corrected chi connectivity index (χ1v) is 9.67. The van der Waals surface area contributed by atoms with Crippen molar-refractivity contribution in [3.63, 3.8) is 0 Å². The molecular weight excluding hydrogens is 373 g/mol. The van der Waals surface area contributed by atoms with E-state index in [9.17, 15) is 12.8 Å². The monoisotopic (exact) mass is 391 g/mol. The van der Waals surface area contributed by atoms with Gasteiger partial charge in [0, 0.05) is 0 Å². The molecule has 7 nitrogen and oxygen atoms in total. The number of hydrogen-bond acceptors (Lipinski definition) is 6. The fourth-order valence-corrected chi connectivity index (χ4v) is 3.26. The number of halogens is 1. The largest absolute Gasteiger partial charge is 0.491 e. The van der Waals surface area contributed by atoms with Crippen LogP contribution in [0.1, 0.15) is 19.7 Å². The van der Waals surface area contributed by atoms with Crippen LogP contribution in [-0.2, 0) is 16.6 Å².